The largest absolute Gasteiger partial charge is 0.489 e. The average molecular weight is 375 g/mol. The maximum atomic E-state index is 12.2. The Morgan fingerprint density at radius 1 is 1.42 bits per heavy atom. The van der Waals surface area contributed by atoms with E-state index in [1.54, 1.807) is 12.1 Å². The third kappa shape index (κ3) is 6.50. The number of amides is 1. The molecule has 0 radical (unpaired) electrons. The van der Waals surface area contributed by atoms with Gasteiger partial charge in [0.2, 0.25) is 5.91 Å². The normalized spacial score (nSPS) is 18.6. The highest BCUT2D eigenvalue weighted by atomic mass is 35.5. The first-order chi connectivity index (χ1) is 11.0. The van der Waals surface area contributed by atoms with Crippen molar-refractivity contribution in [1.82, 2.24) is 5.32 Å². The summed E-state index contributed by atoms with van der Waals surface area (Å²) in [6.45, 7) is 8.17. The van der Waals surface area contributed by atoms with E-state index >= 15 is 0 Å². The highest BCUT2D eigenvalue weighted by molar-refractivity contribution is 6.32. The molecule has 2 rings (SSSR count). The van der Waals surface area contributed by atoms with Gasteiger partial charge in [0.25, 0.3) is 0 Å². The minimum Gasteiger partial charge on any atom is -0.489 e. The summed E-state index contributed by atoms with van der Waals surface area (Å²) < 4.78 is 5.60. The fourth-order valence-corrected chi connectivity index (χ4v) is 3.19. The van der Waals surface area contributed by atoms with E-state index in [2.05, 4.69) is 17.6 Å². The summed E-state index contributed by atoms with van der Waals surface area (Å²) in [6, 6.07) is 5.37. The quantitative estimate of drug-likeness (QED) is 0.769. The minimum atomic E-state index is 0. The highest BCUT2D eigenvalue weighted by Gasteiger charge is 2.22. The maximum Gasteiger partial charge on any atom is 0.224 e. The second-order valence-corrected chi connectivity index (χ2v) is 7.06. The van der Waals surface area contributed by atoms with Gasteiger partial charge in [0.15, 0.2) is 0 Å². The van der Waals surface area contributed by atoms with Crippen molar-refractivity contribution in [3.8, 4) is 5.75 Å². The highest BCUT2D eigenvalue weighted by Crippen LogP contribution is 2.29. The molecule has 1 aliphatic heterocycles. The van der Waals surface area contributed by atoms with Crippen molar-refractivity contribution in [1.29, 1.82) is 0 Å². The van der Waals surface area contributed by atoms with E-state index in [1.807, 2.05) is 19.9 Å². The zero-order valence-electron chi connectivity index (χ0n) is 14.6. The number of anilines is 1. The molecule has 0 spiro atoms. The fourth-order valence-electron chi connectivity index (χ4n) is 2.96. The van der Waals surface area contributed by atoms with Crippen LogP contribution in [0.15, 0.2) is 18.2 Å². The van der Waals surface area contributed by atoms with E-state index < -0.39 is 0 Å². The van der Waals surface area contributed by atoms with Crippen LogP contribution in [-0.4, -0.2) is 25.1 Å². The smallest absolute Gasteiger partial charge is 0.224 e. The Bertz CT molecular complexity index is 532. The number of hydrogen-bond acceptors (Lipinski definition) is 3. The minimum absolute atomic E-state index is 0. The van der Waals surface area contributed by atoms with Crippen molar-refractivity contribution in [2.45, 2.75) is 46.1 Å². The summed E-state index contributed by atoms with van der Waals surface area (Å²) in [5.41, 5.74) is 0.713. The predicted octanol–water partition coefficient (Wildman–Crippen LogP) is 4.51. The van der Waals surface area contributed by atoms with Crippen molar-refractivity contribution in [2.75, 3.05) is 18.4 Å². The van der Waals surface area contributed by atoms with Crippen LogP contribution < -0.4 is 15.4 Å². The van der Waals surface area contributed by atoms with Crippen molar-refractivity contribution < 1.29 is 9.53 Å². The van der Waals surface area contributed by atoms with Gasteiger partial charge in [-0.15, -0.1) is 12.4 Å². The van der Waals surface area contributed by atoms with Gasteiger partial charge in [-0.1, -0.05) is 18.5 Å². The fraction of sp³-hybridized carbons (Fsp3) is 0.611. The van der Waals surface area contributed by atoms with Gasteiger partial charge in [-0.3, -0.25) is 4.79 Å². The number of carbonyl (C=O) groups excluding carboxylic acids is 1. The molecule has 1 heterocycles. The Labute approximate surface area is 156 Å². The molecule has 1 amide bonds. The number of rotatable bonds is 6. The molecule has 4 nitrogen and oxygen atoms in total. The number of nitrogens with one attached hydrogen (secondary N) is 2. The molecule has 2 atom stereocenters. The SMILES string of the molecule is CC(C)Oc1ccc(NC(=O)CC(C)C2CCCNC2)cc1Cl.Cl. The standard InChI is InChI=1S/C18H27ClN2O2.ClH/c1-12(2)23-17-7-6-15(10-16(17)19)21-18(22)9-13(3)14-5-4-8-20-11-14;/h6-7,10,12-14,20H,4-5,8-9,11H2,1-3H3,(H,21,22);1H. The van der Waals surface area contributed by atoms with Crippen molar-refractivity contribution in [3.05, 3.63) is 23.2 Å². The summed E-state index contributed by atoms with van der Waals surface area (Å²) >= 11 is 6.20. The third-order valence-corrected chi connectivity index (χ3v) is 4.52. The summed E-state index contributed by atoms with van der Waals surface area (Å²) in [7, 11) is 0. The molecule has 0 aromatic heterocycles. The van der Waals surface area contributed by atoms with Crippen LogP contribution >= 0.6 is 24.0 Å². The van der Waals surface area contributed by atoms with E-state index in [1.165, 1.54) is 12.8 Å². The monoisotopic (exact) mass is 374 g/mol. The first-order valence-electron chi connectivity index (χ1n) is 8.42. The Morgan fingerprint density at radius 2 is 2.17 bits per heavy atom. The molecule has 0 aliphatic carbocycles. The second kappa shape index (κ2) is 10.1. The number of ether oxygens (including phenoxy) is 1. The summed E-state index contributed by atoms with van der Waals surface area (Å²) in [5, 5.41) is 6.85. The maximum absolute atomic E-state index is 12.2. The zero-order chi connectivity index (χ0) is 16.8. The van der Waals surface area contributed by atoms with Gasteiger partial charge in [0.05, 0.1) is 11.1 Å². The molecule has 6 heteroatoms. The molecule has 2 unspecified atom stereocenters. The lowest BCUT2D eigenvalue weighted by molar-refractivity contribution is -0.117. The predicted molar refractivity (Wildman–Crippen MR) is 102 cm³/mol. The topological polar surface area (TPSA) is 50.4 Å². The molecule has 136 valence electrons. The van der Waals surface area contributed by atoms with Gasteiger partial charge in [0.1, 0.15) is 5.75 Å². The Kier molecular flexibility index (Phi) is 8.88. The number of benzene rings is 1. The van der Waals surface area contributed by atoms with E-state index in [9.17, 15) is 4.79 Å². The molecule has 2 N–H and O–H groups in total. The van der Waals surface area contributed by atoms with Crippen LogP contribution in [0.3, 0.4) is 0 Å². The molecule has 0 saturated carbocycles. The van der Waals surface area contributed by atoms with Crippen LogP contribution in [0.25, 0.3) is 0 Å². The molecule has 1 aliphatic rings. The van der Waals surface area contributed by atoms with Crippen LogP contribution in [-0.2, 0) is 4.79 Å². The van der Waals surface area contributed by atoms with Crippen LogP contribution in [0.5, 0.6) is 5.75 Å². The van der Waals surface area contributed by atoms with E-state index in [-0.39, 0.29) is 24.4 Å². The molecule has 1 aromatic rings. The lowest BCUT2D eigenvalue weighted by Crippen LogP contribution is -2.34. The first kappa shape index (κ1) is 21.1. The van der Waals surface area contributed by atoms with Gasteiger partial charge in [-0.2, -0.15) is 0 Å². The molecule has 24 heavy (non-hydrogen) atoms. The number of halogens is 2. The second-order valence-electron chi connectivity index (χ2n) is 6.65. The van der Waals surface area contributed by atoms with Gasteiger partial charge >= 0.3 is 0 Å². The van der Waals surface area contributed by atoms with Gasteiger partial charge in [0, 0.05) is 12.1 Å². The lowest BCUT2D eigenvalue weighted by atomic mass is 9.85. The molecule has 1 fully saturated rings. The van der Waals surface area contributed by atoms with Gasteiger partial charge in [-0.25, -0.2) is 0 Å². The number of hydrogen-bond donors (Lipinski definition) is 2. The van der Waals surface area contributed by atoms with Crippen molar-refractivity contribution in [3.63, 3.8) is 0 Å². The van der Waals surface area contributed by atoms with Gasteiger partial charge in [-0.05, 0) is 69.8 Å². The molecular weight excluding hydrogens is 347 g/mol. The number of piperidine rings is 1. The Balaban J connectivity index is 0.00000288. The Morgan fingerprint density at radius 3 is 2.75 bits per heavy atom. The first-order valence-corrected chi connectivity index (χ1v) is 8.80. The Hall–Kier alpha value is -0.970. The van der Waals surface area contributed by atoms with Crippen LogP contribution in [0.2, 0.25) is 5.02 Å². The van der Waals surface area contributed by atoms with Crippen LogP contribution in [0, 0.1) is 11.8 Å². The third-order valence-electron chi connectivity index (χ3n) is 4.23. The molecular formula is C18H28Cl2N2O2. The summed E-state index contributed by atoms with van der Waals surface area (Å²) in [5.74, 6) is 1.64. The van der Waals surface area contributed by atoms with E-state index in [0.29, 0.717) is 34.7 Å². The van der Waals surface area contributed by atoms with Crippen molar-refractivity contribution in [2.24, 2.45) is 11.8 Å². The van der Waals surface area contributed by atoms with Gasteiger partial charge < -0.3 is 15.4 Å². The van der Waals surface area contributed by atoms with E-state index in [4.69, 9.17) is 16.3 Å². The van der Waals surface area contributed by atoms with Crippen molar-refractivity contribution >= 4 is 35.6 Å². The summed E-state index contributed by atoms with van der Waals surface area (Å²) in [6.07, 6.45) is 3.00. The zero-order valence-corrected chi connectivity index (χ0v) is 16.2. The molecule has 0 bridgehead atoms. The van der Waals surface area contributed by atoms with E-state index in [0.717, 1.165) is 13.1 Å². The molecule has 1 saturated heterocycles. The van der Waals surface area contributed by atoms with Crippen LogP contribution in [0.4, 0.5) is 5.69 Å². The average Bonchev–Trinajstić information content (AvgIpc) is 2.50. The van der Waals surface area contributed by atoms with Crippen LogP contribution in [0.1, 0.15) is 40.0 Å². The number of carbonyl (C=O) groups is 1. The summed E-state index contributed by atoms with van der Waals surface area (Å²) in [4.78, 5) is 12.2. The molecule has 1 aromatic carbocycles. The lowest BCUT2D eigenvalue weighted by Gasteiger charge is -2.28.